The minimum absolute atomic E-state index is 0.175. The highest BCUT2D eigenvalue weighted by atomic mass is 16.1. The van der Waals surface area contributed by atoms with E-state index in [-0.39, 0.29) is 17.6 Å². The second-order valence-electron chi connectivity index (χ2n) is 6.58. The Morgan fingerprint density at radius 2 is 1.29 bits per heavy atom. The van der Waals surface area contributed by atoms with Crippen LogP contribution in [0.4, 0.5) is 0 Å². The van der Waals surface area contributed by atoms with Gasteiger partial charge in [0, 0.05) is 18.3 Å². The van der Waals surface area contributed by atoms with Crippen molar-refractivity contribution < 1.29 is 4.79 Å². The summed E-state index contributed by atoms with van der Waals surface area (Å²) in [5, 5.41) is 0. The zero-order chi connectivity index (χ0) is 16.5. The highest BCUT2D eigenvalue weighted by Crippen LogP contribution is 2.51. The van der Waals surface area contributed by atoms with Crippen molar-refractivity contribution in [2.24, 2.45) is 0 Å². The predicted molar refractivity (Wildman–Crippen MR) is 98.2 cm³/mol. The van der Waals surface area contributed by atoms with Crippen molar-refractivity contribution in [1.82, 2.24) is 0 Å². The molecule has 1 aliphatic carbocycles. The molecule has 1 heteroatoms. The molecule has 3 aromatic carbocycles. The highest BCUT2D eigenvalue weighted by molar-refractivity contribution is 5.81. The summed E-state index contributed by atoms with van der Waals surface area (Å²) in [5.74, 6) is 0.655. The molecule has 1 atom stereocenters. The molecule has 1 nitrogen and oxygen atoms in total. The number of fused-ring (bicyclic) bond motifs is 3. The lowest BCUT2D eigenvalue weighted by Gasteiger charge is -2.25. The number of benzene rings is 3. The van der Waals surface area contributed by atoms with E-state index in [4.69, 9.17) is 0 Å². The van der Waals surface area contributed by atoms with Crippen LogP contribution in [0, 0.1) is 0 Å². The highest BCUT2D eigenvalue weighted by Gasteiger charge is 2.35. The first-order valence-corrected chi connectivity index (χ1v) is 8.48. The molecule has 0 spiro atoms. The van der Waals surface area contributed by atoms with E-state index in [0.29, 0.717) is 6.42 Å². The fraction of sp³-hybridized carbons (Fsp3) is 0.174. The van der Waals surface area contributed by atoms with E-state index in [1.54, 1.807) is 6.92 Å². The second-order valence-corrected chi connectivity index (χ2v) is 6.58. The van der Waals surface area contributed by atoms with Gasteiger partial charge < -0.3 is 4.79 Å². The molecule has 0 radical (unpaired) electrons. The SMILES string of the molecule is CC(=O)C[C@@H](c1ccccc1)C1c2ccccc2-c2ccccc21. The molecule has 24 heavy (non-hydrogen) atoms. The first kappa shape index (κ1) is 14.9. The molecule has 0 unspecified atom stereocenters. The maximum atomic E-state index is 12.0. The summed E-state index contributed by atoms with van der Waals surface area (Å²) >= 11 is 0. The van der Waals surface area contributed by atoms with Gasteiger partial charge in [-0.2, -0.15) is 0 Å². The van der Waals surface area contributed by atoms with Gasteiger partial charge in [-0.1, -0.05) is 78.9 Å². The molecular weight excluding hydrogens is 292 g/mol. The average molecular weight is 312 g/mol. The van der Waals surface area contributed by atoms with Crippen molar-refractivity contribution in [2.45, 2.75) is 25.2 Å². The Bertz CT molecular complexity index is 834. The zero-order valence-electron chi connectivity index (χ0n) is 13.8. The number of carbonyl (C=O) groups is 1. The minimum atomic E-state index is 0.175. The van der Waals surface area contributed by atoms with Crippen molar-refractivity contribution in [2.75, 3.05) is 0 Å². The van der Waals surface area contributed by atoms with Gasteiger partial charge in [0.15, 0.2) is 0 Å². The smallest absolute Gasteiger partial charge is 0.130 e. The van der Waals surface area contributed by atoms with E-state index in [2.05, 4.69) is 72.8 Å². The summed E-state index contributed by atoms with van der Waals surface area (Å²) in [6, 6.07) is 27.7. The summed E-state index contributed by atoms with van der Waals surface area (Å²) in [4.78, 5) is 12.0. The Kier molecular flexibility index (Phi) is 3.78. The fourth-order valence-electron chi connectivity index (χ4n) is 4.07. The molecule has 0 saturated carbocycles. The standard InChI is InChI=1S/C23H20O/c1-16(24)15-22(17-9-3-2-4-10-17)23-20-13-7-5-11-18(20)19-12-6-8-14-21(19)23/h2-14,22-23H,15H2,1H3/t22-/m0/s1. The van der Waals surface area contributed by atoms with E-state index in [9.17, 15) is 4.79 Å². The first-order valence-electron chi connectivity index (χ1n) is 8.48. The zero-order valence-corrected chi connectivity index (χ0v) is 13.8. The van der Waals surface area contributed by atoms with Gasteiger partial charge in [0.25, 0.3) is 0 Å². The number of Topliss-reactive ketones (excluding diaryl/α,β-unsaturated/α-hetero) is 1. The molecule has 0 amide bonds. The average Bonchev–Trinajstić information content (AvgIpc) is 2.95. The summed E-state index contributed by atoms with van der Waals surface area (Å²) in [6.07, 6.45) is 0.567. The van der Waals surface area contributed by atoms with Crippen molar-refractivity contribution in [3.05, 3.63) is 95.6 Å². The van der Waals surface area contributed by atoms with Crippen LogP contribution in [-0.4, -0.2) is 5.78 Å². The number of carbonyl (C=O) groups excluding carboxylic acids is 1. The number of hydrogen-bond donors (Lipinski definition) is 0. The minimum Gasteiger partial charge on any atom is -0.300 e. The van der Waals surface area contributed by atoms with Gasteiger partial charge in [-0.25, -0.2) is 0 Å². The number of ketones is 1. The second kappa shape index (κ2) is 6.09. The third-order valence-electron chi connectivity index (χ3n) is 5.02. The Labute approximate surface area is 143 Å². The lowest BCUT2D eigenvalue weighted by Crippen LogP contribution is -2.14. The van der Waals surface area contributed by atoms with Gasteiger partial charge in [-0.3, -0.25) is 0 Å². The van der Waals surface area contributed by atoms with E-state index < -0.39 is 0 Å². The Balaban J connectivity index is 1.91. The largest absolute Gasteiger partial charge is 0.300 e. The molecule has 0 heterocycles. The molecule has 0 bridgehead atoms. The van der Waals surface area contributed by atoms with E-state index in [0.717, 1.165) is 0 Å². The third kappa shape index (κ3) is 2.46. The number of hydrogen-bond acceptors (Lipinski definition) is 1. The van der Waals surface area contributed by atoms with Crippen molar-refractivity contribution >= 4 is 5.78 Å². The molecule has 3 aromatic rings. The summed E-state index contributed by atoms with van der Waals surface area (Å²) in [6.45, 7) is 1.70. The normalized spacial score (nSPS) is 14.0. The Morgan fingerprint density at radius 3 is 1.83 bits per heavy atom. The van der Waals surface area contributed by atoms with E-state index in [1.165, 1.54) is 27.8 Å². The van der Waals surface area contributed by atoms with Crippen LogP contribution in [0.1, 0.15) is 41.9 Å². The Morgan fingerprint density at radius 1 is 0.792 bits per heavy atom. The first-order chi connectivity index (χ1) is 11.8. The summed E-state index contributed by atoms with van der Waals surface area (Å²) < 4.78 is 0. The maximum absolute atomic E-state index is 12.0. The number of rotatable bonds is 4. The van der Waals surface area contributed by atoms with E-state index in [1.807, 2.05) is 6.07 Å². The fourth-order valence-corrected chi connectivity index (χ4v) is 4.07. The maximum Gasteiger partial charge on any atom is 0.130 e. The van der Waals surface area contributed by atoms with Crippen LogP contribution in [0.15, 0.2) is 78.9 Å². The quantitative estimate of drug-likeness (QED) is 0.616. The van der Waals surface area contributed by atoms with Gasteiger partial charge in [0.2, 0.25) is 0 Å². The van der Waals surface area contributed by atoms with Crippen LogP contribution in [-0.2, 0) is 4.79 Å². The third-order valence-corrected chi connectivity index (χ3v) is 5.02. The lowest BCUT2D eigenvalue weighted by molar-refractivity contribution is -0.117. The predicted octanol–water partition coefficient (Wildman–Crippen LogP) is 5.56. The van der Waals surface area contributed by atoms with Crippen LogP contribution in [0.3, 0.4) is 0 Å². The summed E-state index contributed by atoms with van der Waals surface area (Å²) in [7, 11) is 0. The van der Waals surface area contributed by atoms with Gasteiger partial charge in [0.05, 0.1) is 0 Å². The topological polar surface area (TPSA) is 17.1 Å². The van der Waals surface area contributed by atoms with Gasteiger partial charge in [-0.15, -0.1) is 0 Å². The molecule has 0 aromatic heterocycles. The molecule has 0 aliphatic heterocycles. The molecule has 118 valence electrons. The van der Waals surface area contributed by atoms with Gasteiger partial charge in [-0.05, 0) is 34.7 Å². The van der Waals surface area contributed by atoms with Crippen molar-refractivity contribution in [1.29, 1.82) is 0 Å². The molecule has 0 saturated heterocycles. The van der Waals surface area contributed by atoms with Crippen molar-refractivity contribution in [3.8, 4) is 11.1 Å². The molecular formula is C23H20O. The molecule has 4 rings (SSSR count). The van der Waals surface area contributed by atoms with E-state index >= 15 is 0 Å². The van der Waals surface area contributed by atoms with Gasteiger partial charge >= 0.3 is 0 Å². The van der Waals surface area contributed by atoms with Gasteiger partial charge in [0.1, 0.15) is 5.78 Å². The summed E-state index contributed by atoms with van der Waals surface area (Å²) in [5.41, 5.74) is 6.54. The lowest BCUT2D eigenvalue weighted by atomic mass is 9.77. The molecule has 0 fully saturated rings. The van der Waals surface area contributed by atoms with Crippen LogP contribution in [0.25, 0.3) is 11.1 Å². The monoisotopic (exact) mass is 312 g/mol. The van der Waals surface area contributed by atoms with Crippen LogP contribution in [0.2, 0.25) is 0 Å². The van der Waals surface area contributed by atoms with Crippen LogP contribution in [0.5, 0.6) is 0 Å². The Hall–Kier alpha value is -2.67. The van der Waals surface area contributed by atoms with Crippen LogP contribution >= 0.6 is 0 Å². The molecule has 0 N–H and O–H groups in total. The molecule has 1 aliphatic rings. The van der Waals surface area contributed by atoms with Crippen LogP contribution < -0.4 is 0 Å². The van der Waals surface area contributed by atoms with Crippen molar-refractivity contribution in [3.63, 3.8) is 0 Å².